The van der Waals surface area contributed by atoms with Gasteiger partial charge < -0.3 is 33.7 Å². The first-order valence-electron chi connectivity index (χ1n) is 18.8. The van der Waals surface area contributed by atoms with Gasteiger partial charge in [-0.05, 0) is 82.3 Å². The molecule has 0 unspecified atom stereocenters. The molecule has 1 N–H and O–H groups in total. The van der Waals surface area contributed by atoms with Gasteiger partial charge in [0.15, 0.2) is 0 Å². The molecule has 4 aliphatic rings. The topological polar surface area (TPSA) is 148 Å². The van der Waals surface area contributed by atoms with Gasteiger partial charge in [-0.15, -0.1) is 12.3 Å². The van der Waals surface area contributed by atoms with E-state index >= 15 is 0 Å². The van der Waals surface area contributed by atoms with Gasteiger partial charge >= 0.3 is 19.2 Å². The van der Waals surface area contributed by atoms with E-state index in [1.807, 2.05) is 54.5 Å². The number of nitrogens with zero attached hydrogens (tertiary/aromatic N) is 3. The van der Waals surface area contributed by atoms with Gasteiger partial charge in [0, 0.05) is 18.9 Å². The third kappa shape index (κ3) is 7.78. The number of hydrogen-bond acceptors (Lipinski definition) is 10. The van der Waals surface area contributed by atoms with Gasteiger partial charge in [-0.1, -0.05) is 39.7 Å². The number of nitrogens with one attached hydrogen (secondary N) is 1. The van der Waals surface area contributed by atoms with Crippen molar-refractivity contribution in [1.29, 1.82) is 0 Å². The van der Waals surface area contributed by atoms with Crippen molar-refractivity contribution in [3.05, 3.63) is 28.6 Å². The molecule has 1 aliphatic carbocycles. The van der Waals surface area contributed by atoms with E-state index < -0.39 is 59.9 Å². The number of amides is 2. The average Bonchev–Trinajstić information content (AvgIpc) is 3.75. The fourth-order valence-electron chi connectivity index (χ4n) is 7.89. The zero-order chi connectivity index (χ0) is 38.5. The van der Waals surface area contributed by atoms with Crippen molar-refractivity contribution >= 4 is 41.5 Å². The third-order valence-corrected chi connectivity index (χ3v) is 11.7. The van der Waals surface area contributed by atoms with Crippen LogP contribution >= 0.6 is 0 Å². The maximum absolute atomic E-state index is 14.3. The van der Waals surface area contributed by atoms with Crippen LogP contribution in [0.3, 0.4) is 0 Å². The fraction of sp³-hybridized carbons (Fsp3) is 0.667. The van der Waals surface area contributed by atoms with Crippen LogP contribution in [0.4, 0.5) is 4.79 Å². The Kier molecular flexibility index (Phi) is 10.7. The van der Waals surface area contributed by atoms with Crippen molar-refractivity contribution in [3.63, 3.8) is 0 Å². The third-order valence-electron chi connectivity index (χ3n) is 11.7. The molecule has 13 nitrogen and oxygen atoms in total. The predicted octanol–water partition coefficient (Wildman–Crippen LogP) is 3.96. The molecule has 2 bridgehead atoms. The lowest BCUT2D eigenvalue weighted by Gasteiger charge is -2.35. The Morgan fingerprint density at radius 2 is 1.75 bits per heavy atom. The van der Waals surface area contributed by atoms with Gasteiger partial charge in [0.1, 0.15) is 24.3 Å². The van der Waals surface area contributed by atoms with Crippen molar-refractivity contribution in [3.8, 4) is 18.4 Å². The Bertz CT molecular complexity index is 1830. The van der Waals surface area contributed by atoms with E-state index in [2.05, 4.69) is 11.2 Å². The minimum atomic E-state index is -1.03. The number of rotatable bonds is 2. The first-order valence-corrected chi connectivity index (χ1v) is 18.8. The molecule has 4 heterocycles. The number of fused-ring (bicyclic) bond motifs is 5. The molecule has 6 atom stereocenters. The molecule has 1 saturated carbocycles. The number of carbonyl (C=O) groups is 3. The van der Waals surface area contributed by atoms with E-state index in [-0.39, 0.29) is 42.5 Å². The van der Waals surface area contributed by atoms with E-state index in [9.17, 15) is 19.2 Å². The Balaban J connectivity index is 1.38. The van der Waals surface area contributed by atoms with Crippen LogP contribution in [0.2, 0.25) is 0 Å². The van der Waals surface area contributed by atoms with Crippen LogP contribution in [0.25, 0.3) is 10.9 Å². The van der Waals surface area contributed by atoms with Crippen LogP contribution in [0, 0.1) is 29.6 Å². The van der Waals surface area contributed by atoms with Crippen molar-refractivity contribution in [2.24, 2.45) is 17.3 Å². The van der Waals surface area contributed by atoms with Gasteiger partial charge in [0.05, 0.1) is 35.8 Å². The number of terminal acetylenes is 1. The van der Waals surface area contributed by atoms with Crippen LogP contribution in [0.15, 0.2) is 23.0 Å². The lowest BCUT2D eigenvalue weighted by molar-refractivity contribution is -0.152. The quantitative estimate of drug-likeness (QED) is 0.274. The van der Waals surface area contributed by atoms with Crippen molar-refractivity contribution in [1.82, 2.24) is 19.8 Å². The Morgan fingerprint density at radius 1 is 1.04 bits per heavy atom. The minimum absolute atomic E-state index is 0.00166. The maximum atomic E-state index is 14.3. The second-order valence-corrected chi connectivity index (χ2v) is 17.1. The van der Waals surface area contributed by atoms with Crippen LogP contribution in [0.5, 0.6) is 6.01 Å². The fourth-order valence-corrected chi connectivity index (χ4v) is 7.89. The lowest BCUT2D eigenvalue weighted by atomic mass is 9.79. The number of esters is 1. The highest BCUT2D eigenvalue weighted by molar-refractivity contribution is 6.62. The summed E-state index contributed by atoms with van der Waals surface area (Å²) in [7, 11) is 0.608. The number of alkyl carbamates (subject to hydrolysis) is 1. The van der Waals surface area contributed by atoms with E-state index in [4.69, 9.17) is 34.9 Å². The van der Waals surface area contributed by atoms with Gasteiger partial charge in [0.2, 0.25) is 5.91 Å². The molecule has 3 fully saturated rings. The summed E-state index contributed by atoms with van der Waals surface area (Å²) in [5, 5.41) is 3.24. The molecule has 14 heteroatoms. The summed E-state index contributed by atoms with van der Waals surface area (Å²) in [5.74, 6) is 1.79. The van der Waals surface area contributed by atoms with Crippen molar-refractivity contribution < 1.29 is 37.9 Å². The zero-order valence-electron chi connectivity index (χ0n) is 32.2. The normalized spacial score (nSPS) is 29.2. The minimum Gasteiger partial charge on any atom is -0.467 e. The standard InChI is InChI=1S/C39H53BN4O9/c1-10-23-18-24-14-12-11-13-17-43-32(45)27-16-15-25(40-52-38(5,6)39(7,8)53-40)20-28(27)41-35(43)50-26-21-29(34(47)49-9)44(22-26)33(46)31(37(2,3)4)42-36(48)51-30(24)19-23/h1,15-16,20,23-24,26,29-31H,11-14,17-19,21-22H2,2-9H3,(H,42,48)/t23-,24-,26-,29+,30-,31-/m1/s1. The summed E-state index contributed by atoms with van der Waals surface area (Å²) >= 11 is 0. The van der Waals surface area contributed by atoms with E-state index in [1.54, 1.807) is 16.7 Å². The van der Waals surface area contributed by atoms with Gasteiger partial charge in [-0.2, -0.15) is 4.98 Å². The molecule has 1 aromatic heterocycles. The Labute approximate surface area is 311 Å². The predicted molar refractivity (Wildman–Crippen MR) is 198 cm³/mol. The van der Waals surface area contributed by atoms with Crippen molar-refractivity contribution in [2.45, 2.75) is 135 Å². The number of benzene rings is 1. The second kappa shape index (κ2) is 14.6. The molecule has 6 rings (SSSR count). The molecule has 2 amide bonds. The van der Waals surface area contributed by atoms with Gasteiger partial charge in [-0.3, -0.25) is 14.2 Å². The second-order valence-electron chi connectivity index (χ2n) is 17.1. The monoisotopic (exact) mass is 732 g/mol. The van der Waals surface area contributed by atoms with Gasteiger partial charge in [0.25, 0.3) is 11.6 Å². The highest BCUT2D eigenvalue weighted by atomic mass is 16.7. The smallest absolute Gasteiger partial charge is 0.467 e. The Hall–Kier alpha value is -4.09. The molecule has 53 heavy (non-hydrogen) atoms. The summed E-state index contributed by atoms with van der Waals surface area (Å²) in [5.41, 5.74) is -0.983. The highest BCUT2D eigenvalue weighted by Gasteiger charge is 2.52. The SMILES string of the molecule is C#C[C@@H]1C[C@H]2CCCCCn3c(nc4cc(B5OC(C)(C)C(C)(C)O5)ccc4c3=O)O[C@@H]3C[C@@H](C(=O)OC)N(C3)C(=O)[C@H](C(C)(C)C)NC(=O)O[C@@H]2C1. The molecule has 2 saturated heterocycles. The largest absolute Gasteiger partial charge is 0.494 e. The Morgan fingerprint density at radius 3 is 2.42 bits per heavy atom. The summed E-state index contributed by atoms with van der Waals surface area (Å²) in [4.78, 5) is 61.4. The van der Waals surface area contributed by atoms with E-state index in [0.29, 0.717) is 35.8 Å². The molecule has 286 valence electrons. The van der Waals surface area contributed by atoms with Crippen LogP contribution in [0.1, 0.15) is 93.4 Å². The molecule has 2 aromatic rings. The molecular formula is C39H53BN4O9. The van der Waals surface area contributed by atoms with Crippen LogP contribution in [-0.2, 0) is 34.9 Å². The highest BCUT2D eigenvalue weighted by Crippen LogP contribution is 2.38. The van der Waals surface area contributed by atoms with E-state index in [1.165, 1.54) is 12.0 Å². The molecule has 0 spiro atoms. The summed E-state index contributed by atoms with van der Waals surface area (Å²) in [6, 6.07) is 3.44. The van der Waals surface area contributed by atoms with Crippen LogP contribution < -0.4 is 21.1 Å². The summed E-state index contributed by atoms with van der Waals surface area (Å²) in [6.07, 6.45) is 8.51. The van der Waals surface area contributed by atoms with Crippen LogP contribution in [-0.4, -0.2) is 88.7 Å². The van der Waals surface area contributed by atoms with E-state index in [0.717, 1.165) is 25.7 Å². The summed E-state index contributed by atoms with van der Waals surface area (Å²) in [6.45, 7) is 13.8. The summed E-state index contributed by atoms with van der Waals surface area (Å²) < 4.78 is 31.7. The zero-order valence-corrected chi connectivity index (χ0v) is 32.2. The molecule has 0 radical (unpaired) electrons. The first-order chi connectivity index (χ1) is 24.9. The van der Waals surface area contributed by atoms with Crippen molar-refractivity contribution in [2.75, 3.05) is 13.7 Å². The average molecular weight is 733 g/mol. The van der Waals surface area contributed by atoms with Gasteiger partial charge in [-0.25, -0.2) is 9.59 Å². The lowest BCUT2D eigenvalue weighted by Crippen LogP contribution is -2.57. The number of methoxy groups -OCH3 is 1. The maximum Gasteiger partial charge on any atom is 0.494 e. The molecular weight excluding hydrogens is 679 g/mol. The molecule has 3 aliphatic heterocycles. The first kappa shape index (κ1) is 38.6. The number of hydrogen-bond donors (Lipinski definition) is 1. The number of carbonyl (C=O) groups excluding carboxylic acids is 3. The molecule has 1 aromatic carbocycles. The number of ether oxygens (including phenoxy) is 3. The number of aromatic nitrogens is 2.